The number of ether oxygens (including phenoxy) is 4. The van der Waals surface area contributed by atoms with E-state index in [9.17, 15) is 37.9 Å². The largest absolute Gasteiger partial charge is 0.462 e. The van der Waals surface area contributed by atoms with Gasteiger partial charge in [-0.2, -0.15) is 8.42 Å². The smallest absolute Gasteiger partial charge is 0.306 e. The Morgan fingerprint density at radius 3 is 1.70 bits per heavy atom. The number of carbonyl (C=O) groups excluding carboxylic acids is 2. The van der Waals surface area contributed by atoms with Gasteiger partial charge in [-0.25, -0.2) is 0 Å². The van der Waals surface area contributed by atoms with Crippen molar-refractivity contribution in [3.8, 4) is 0 Å². The summed E-state index contributed by atoms with van der Waals surface area (Å²) in [7, 11) is -4.61. The molecule has 0 amide bonds. The molecule has 1 aliphatic heterocycles. The zero-order valence-corrected chi connectivity index (χ0v) is 36.8. The van der Waals surface area contributed by atoms with Crippen LogP contribution in [0.4, 0.5) is 0 Å². The molecule has 0 radical (unpaired) electrons. The molecular weight excluding hydrogens is 789 g/mol. The van der Waals surface area contributed by atoms with Gasteiger partial charge in [0.1, 0.15) is 36.8 Å². The molecule has 4 N–H and O–H groups in total. The second kappa shape index (κ2) is 36.2. The number of hydrogen-bond acceptors (Lipinski definition) is 11. The Labute approximate surface area is 360 Å². The maximum absolute atomic E-state index is 12.8. The zero-order valence-electron chi connectivity index (χ0n) is 36.0. The van der Waals surface area contributed by atoms with Crippen LogP contribution in [0, 0.1) is 0 Å². The van der Waals surface area contributed by atoms with Crippen molar-refractivity contribution < 1.29 is 56.8 Å². The Balaban J connectivity index is 2.48. The van der Waals surface area contributed by atoms with E-state index in [1.54, 1.807) is 0 Å². The second-order valence-electron chi connectivity index (χ2n) is 14.7. The molecule has 0 spiro atoms. The van der Waals surface area contributed by atoms with Gasteiger partial charge in [0.2, 0.25) is 0 Å². The molecular formula is C47H74O12S. The van der Waals surface area contributed by atoms with E-state index in [1.807, 2.05) is 36.5 Å². The molecule has 1 rings (SSSR count). The molecule has 1 heterocycles. The number of carbonyl (C=O) groups is 2. The maximum atomic E-state index is 12.8. The topological polar surface area (TPSA) is 186 Å². The standard InChI is InChI=1S/C47H74O12S/c1-3-5-7-9-11-13-15-17-18-19-20-21-22-24-25-27-29-31-33-35-42(48)56-37-40(38-57-47-46(52)45(51)44(50)41(59-47)39-60(53,54)55)58-43(49)36-34-32-30-28-26-23-16-14-12-10-8-6-4-2/h5-8,10-14,16-18,20-21,23,26,40-41,44-47,50-52H,3-4,9,15,19,22,24-25,27-39H2,1-2H3,(H,53,54,55)/b7-5+,8-6+,12-10+,13-11+,16-14+,18-17+,21-20+,26-23+/t40?,41-,44-,45?,46?,47+/m1/s1. The molecule has 13 heteroatoms. The van der Waals surface area contributed by atoms with E-state index < -0.39 is 71.2 Å². The molecule has 12 nitrogen and oxygen atoms in total. The third-order valence-corrected chi connectivity index (χ3v) is 10.0. The fourth-order valence-electron chi connectivity index (χ4n) is 5.91. The molecule has 0 aromatic rings. The third kappa shape index (κ3) is 30.6. The molecule has 6 atom stereocenters. The third-order valence-electron chi connectivity index (χ3n) is 9.25. The van der Waals surface area contributed by atoms with Crippen LogP contribution in [0.3, 0.4) is 0 Å². The van der Waals surface area contributed by atoms with E-state index in [-0.39, 0.29) is 19.4 Å². The first-order chi connectivity index (χ1) is 29.0. The van der Waals surface area contributed by atoms with Gasteiger partial charge in [0.25, 0.3) is 10.1 Å². The fraction of sp³-hybridized carbons (Fsp3) is 0.617. The van der Waals surface area contributed by atoms with Gasteiger partial charge >= 0.3 is 11.9 Å². The lowest BCUT2D eigenvalue weighted by molar-refractivity contribution is -0.297. The maximum Gasteiger partial charge on any atom is 0.306 e. The summed E-state index contributed by atoms with van der Waals surface area (Å²) in [5.41, 5.74) is 0. The lowest BCUT2D eigenvalue weighted by atomic mass is 10.00. The van der Waals surface area contributed by atoms with Gasteiger partial charge in [-0.3, -0.25) is 14.1 Å². The molecule has 60 heavy (non-hydrogen) atoms. The van der Waals surface area contributed by atoms with Crippen LogP contribution in [0.5, 0.6) is 0 Å². The molecule has 3 unspecified atom stereocenters. The van der Waals surface area contributed by atoms with E-state index in [2.05, 4.69) is 74.6 Å². The number of allylic oxidation sites excluding steroid dienone is 16. The molecule has 0 aromatic heterocycles. The summed E-state index contributed by atoms with van der Waals surface area (Å²) >= 11 is 0. The summed E-state index contributed by atoms with van der Waals surface area (Å²) in [4.78, 5) is 25.4. The second-order valence-corrected chi connectivity index (χ2v) is 16.2. The van der Waals surface area contributed by atoms with Crippen molar-refractivity contribution in [2.75, 3.05) is 19.0 Å². The van der Waals surface area contributed by atoms with Gasteiger partial charge in [-0.05, 0) is 70.6 Å². The van der Waals surface area contributed by atoms with E-state index in [0.717, 1.165) is 89.9 Å². The van der Waals surface area contributed by atoms with Crippen molar-refractivity contribution in [3.63, 3.8) is 0 Å². The van der Waals surface area contributed by atoms with Gasteiger partial charge in [0.05, 0.1) is 6.61 Å². The average molecular weight is 863 g/mol. The van der Waals surface area contributed by atoms with Gasteiger partial charge in [0, 0.05) is 12.8 Å². The predicted molar refractivity (Wildman–Crippen MR) is 237 cm³/mol. The zero-order chi connectivity index (χ0) is 44.1. The van der Waals surface area contributed by atoms with E-state index in [0.29, 0.717) is 12.8 Å². The normalized spacial score (nSPS) is 21.1. The lowest BCUT2D eigenvalue weighted by Gasteiger charge is -2.40. The lowest BCUT2D eigenvalue weighted by Crippen LogP contribution is -2.60. The summed E-state index contributed by atoms with van der Waals surface area (Å²) in [5, 5.41) is 30.8. The average Bonchev–Trinajstić information content (AvgIpc) is 3.21. The molecule has 0 saturated carbocycles. The molecule has 0 aromatic carbocycles. The van der Waals surface area contributed by atoms with Crippen LogP contribution in [0.25, 0.3) is 0 Å². The van der Waals surface area contributed by atoms with Crippen molar-refractivity contribution in [1.82, 2.24) is 0 Å². The van der Waals surface area contributed by atoms with Crippen molar-refractivity contribution in [2.24, 2.45) is 0 Å². The number of hydrogen-bond donors (Lipinski definition) is 4. The molecule has 340 valence electrons. The highest BCUT2D eigenvalue weighted by atomic mass is 32.2. The summed E-state index contributed by atoms with van der Waals surface area (Å²) in [6, 6.07) is 0. The highest BCUT2D eigenvalue weighted by Gasteiger charge is 2.46. The van der Waals surface area contributed by atoms with E-state index >= 15 is 0 Å². The molecule has 0 aliphatic carbocycles. The van der Waals surface area contributed by atoms with Crippen LogP contribution in [0.1, 0.15) is 129 Å². The molecule has 0 bridgehead atoms. The minimum atomic E-state index is -4.61. The highest BCUT2D eigenvalue weighted by Crippen LogP contribution is 2.24. The van der Waals surface area contributed by atoms with E-state index in [4.69, 9.17) is 18.9 Å². The first-order valence-electron chi connectivity index (χ1n) is 21.8. The molecule has 1 aliphatic rings. The Kier molecular flexibility index (Phi) is 33.0. The quantitative estimate of drug-likeness (QED) is 0.0159. The summed E-state index contributed by atoms with van der Waals surface area (Å²) in [6.45, 7) is 3.43. The summed E-state index contributed by atoms with van der Waals surface area (Å²) in [6.07, 6.45) is 38.9. The van der Waals surface area contributed by atoms with Crippen molar-refractivity contribution in [3.05, 3.63) is 97.2 Å². The van der Waals surface area contributed by atoms with E-state index in [1.165, 1.54) is 0 Å². The summed E-state index contributed by atoms with van der Waals surface area (Å²) < 4.78 is 53.9. The Hall–Kier alpha value is -3.43. The summed E-state index contributed by atoms with van der Waals surface area (Å²) in [5.74, 6) is -2.07. The fourth-order valence-corrected chi connectivity index (χ4v) is 6.60. The first-order valence-corrected chi connectivity index (χ1v) is 23.5. The number of unbranched alkanes of at least 4 members (excludes halogenated alkanes) is 9. The van der Waals surface area contributed by atoms with Crippen LogP contribution in [0.2, 0.25) is 0 Å². The highest BCUT2D eigenvalue weighted by molar-refractivity contribution is 7.85. The van der Waals surface area contributed by atoms with Crippen LogP contribution in [-0.4, -0.2) is 96.0 Å². The minimum Gasteiger partial charge on any atom is -0.462 e. The SMILES string of the molecule is CC/C=C/C=C/C=C/C=C/CCCCCC(=O)OC(COC(=O)CCCCCCCC/C=C/C/C=C/C/C=C/C/C=C/CC)CO[C@H]1O[C@H](CS(=O)(=O)O)[C@@H](O)C(O)C1O. The molecule has 1 saturated heterocycles. The van der Waals surface area contributed by atoms with Gasteiger partial charge in [-0.1, -0.05) is 143 Å². The minimum absolute atomic E-state index is 0.109. The number of aliphatic hydroxyl groups excluding tert-OH is 3. The number of rotatable bonds is 34. The molecule has 1 fully saturated rings. The predicted octanol–water partition coefficient (Wildman–Crippen LogP) is 8.66. The Morgan fingerprint density at radius 2 is 1.08 bits per heavy atom. The van der Waals surface area contributed by atoms with Crippen molar-refractivity contribution >= 4 is 22.1 Å². The van der Waals surface area contributed by atoms with Crippen LogP contribution in [0.15, 0.2) is 97.2 Å². The van der Waals surface area contributed by atoms with Crippen molar-refractivity contribution in [1.29, 1.82) is 0 Å². The first kappa shape index (κ1) is 54.6. The Bertz CT molecular complexity index is 1480. The van der Waals surface area contributed by atoms with Gasteiger partial charge < -0.3 is 34.3 Å². The van der Waals surface area contributed by atoms with Gasteiger partial charge in [-0.15, -0.1) is 0 Å². The van der Waals surface area contributed by atoms with Crippen LogP contribution >= 0.6 is 0 Å². The number of esters is 2. The van der Waals surface area contributed by atoms with Crippen LogP contribution in [-0.2, 0) is 38.7 Å². The van der Waals surface area contributed by atoms with Crippen molar-refractivity contribution in [2.45, 2.75) is 166 Å². The van der Waals surface area contributed by atoms with Gasteiger partial charge in [0.15, 0.2) is 12.4 Å². The number of aliphatic hydroxyl groups is 3. The van der Waals surface area contributed by atoms with Crippen LogP contribution < -0.4 is 0 Å². The Morgan fingerprint density at radius 1 is 0.583 bits per heavy atom. The monoisotopic (exact) mass is 862 g/mol.